The second kappa shape index (κ2) is 6.92. The lowest BCUT2D eigenvalue weighted by Crippen LogP contribution is -2.29. The number of carbonyl (C=O) groups excluding carboxylic acids is 2. The number of likely N-dealkylation sites (tertiary alicyclic amines) is 1. The molecule has 0 saturated carbocycles. The highest BCUT2D eigenvalue weighted by Gasteiger charge is 2.30. The highest BCUT2D eigenvalue weighted by Crippen LogP contribution is 2.36. The third-order valence-corrected chi connectivity index (χ3v) is 5.86. The summed E-state index contributed by atoms with van der Waals surface area (Å²) in [4.78, 5) is 35.8. The molecule has 6 nitrogen and oxygen atoms in total. The molecular formula is C19H20N4O2S. The Morgan fingerprint density at radius 1 is 1.31 bits per heavy atom. The number of nitrogens with one attached hydrogen (secondary N) is 2. The van der Waals surface area contributed by atoms with Gasteiger partial charge in [0.05, 0.1) is 22.0 Å². The maximum absolute atomic E-state index is 12.5. The normalized spacial score (nSPS) is 17.0. The minimum absolute atomic E-state index is 0.0974. The van der Waals surface area contributed by atoms with Crippen molar-refractivity contribution in [3.05, 3.63) is 46.2 Å². The number of nitrogens with zero attached hydrogens (tertiary/aromatic N) is 2. The van der Waals surface area contributed by atoms with Crippen LogP contribution in [0.25, 0.3) is 11.0 Å². The molecule has 0 bridgehead atoms. The Balaban J connectivity index is 1.50. The van der Waals surface area contributed by atoms with Gasteiger partial charge in [0.1, 0.15) is 0 Å². The van der Waals surface area contributed by atoms with Crippen LogP contribution in [-0.4, -0.2) is 33.2 Å². The standard InChI is InChI=1S/C19H20N4O2S/c1-2-17(24)23-11-5-8-14(23)15-9-10-16(26-15)18(25)22-19-20-12-6-3-4-7-13(12)21-19/h3-4,6-7,9-10,14H,2,5,8,11H2,1H3,(H2,20,21,22,25)/t14-/m0/s1. The van der Waals surface area contributed by atoms with Crippen LogP contribution in [-0.2, 0) is 4.79 Å². The first-order valence-electron chi connectivity index (χ1n) is 8.81. The Bertz CT molecular complexity index is 928. The highest BCUT2D eigenvalue weighted by atomic mass is 32.1. The van der Waals surface area contributed by atoms with Crippen LogP contribution in [0.1, 0.15) is 46.8 Å². The van der Waals surface area contributed by atoms with Crippen molar-refractivity contribution in [2.45, 2.75) is 32.2 Å². The van der Waals surface area contributed by atoms with Crippen molar-refractivity contribution in [3.63, 3.8) is 0 Å². The van der Waals surface area contributed by atoms with Crippen LogP contribution in [0.3, 0.4) is 0 Å². The average molecular weight is 368 g/mol. The van der Waals surface area contributed by atoms with Gasteiger partial charge in [-0.05, 0) is 37.1 Å². The van der Waals surface area contributed by atoms with E-state index in [-0.39, 0.29) is 17.9 Å². The summed E-state index contributed by atoms with van der Waals surface area (Å²) in [5, 5.41) is 2.82. The summed E-state index contributed by atoms with van der Waals surface area (Å²) in [6, 6.07) is 11.5. The van der Waals surface area contributed by atoms with Gasteiger partial charge in [-0.15, -0.1) is 11.3 Å². The number of imidazole rings is 1. The monoisotopic (exact) mass is 368 g/mol. The minimum Gasteiger partial charge on any atom is -0.335 e. The molecule has 1 saturated heterocycles. The van der Waals surface area contributed by atoms with Gasteiger partial charge >= 0.3 is 0 Å². The third kappa shape index (κ3) is 3.10. The van der Waals surface area contributed by atoms with E-state index < -0.39 is 0 Å². The predicted molar refractivity (Wildman–Crippen MR) is 102 cm³/mol. The number of aromatic nitrogens is 2. The van der Waals surface area contributed by atoms with Gasteiger partial charge in [0, 0.05) is 17.8 Å². The summed E-state index contributed by atoms with van der Waals surface area (Å²) in [6.07, 6.45) is 2.48. The second-order valence-corrected chi connectivity index (χ2v) is 7.47. The van der Waals surface area contributed by atoms with Gasteiger partial charge in [-0.2, -0.15) is 0 Å². The molecule has 0 unspecified atom stereocenters. The van der Waals surface area contributed by atoms with Gasteiger partial charge in [0.2, 0.25) is 11.9 Å². The highest BCUT2D eigenvalue weighted by molar-refractivity contribution is 7.14. The molecule has 3 heterocycles. The molecule has 26 heavy (non-hydrogen) atoms. The van der Waals surface area contributed by atoms with E-state index in [1.807, 2.05) is 48.2 Å². The van der Waals surface area contributed by atoms with E-state index in [0.29, 0.717) is 17.2 Å². The number of H-pyrrole nitrogens is 1. The molecule has 0 spiro atoms. The van der Waals surface area contributed by atoms with Crippen molar-refractivity contribution in [2.75, 3.05) is 11.9 Å². The second-order valence-electron chi connectivity index (χ2n) is 6.36. The molecule has 1 aliphatic rings. The molecule has 1 atom stereocenters. The van der Waals surface area contributed by atoms with Gasteiger partial charge < -0.3 is 9.88 Å². The Morgan fingerprint density at radius 3 is 2.96 bits per heavy atom. The molecule has 2 aromatic heterocycles. The Labute approximate surface area is 155 Å². The number of hydrogen-bond acceptors (Lipinski definition) is 4. The van der Waals surface area contributed by atoms with Crippen molar-refractivity contribution in [1.82, 2.24) is 14.9 Å². The molecule has 0 aliphatic carbocycles. The van der Waals surface area contributed by atoms with E-state index in [0.717, 1.165) is 35.3 Å². The molecule has 4 rings (SSSR count). The van der Waals surface area contributed by atoms with Crippen molar-refractivity contribution < 1.29 is 9.59 Å². The number of benzene rings is 1. The number of hydrogen-bond donors (Lipinski definition) is 2. The molecular weight excluding hydrogens is 348 g/mol. The molecule has 7 heteroatoms. The maximum Gasteiger partial charge on any atom is 0.268 e. The molecule has 134 valence electrons. The van der Waals surface area contributed by atoms with Gasteiger partial charge in [-0.1, -0.05) is 19.1 Å². The Hall–Kier alpha value is -2.67. The lowest BCUT2D eigenvalue weighted by atomic mass is 10.2. The van der Waals surface area contributed by atoms with Gasteiger partial charge in [-0.3, -0.25) is 14.9 Å². The number of para-hydroxylation sites is 2. The molecule has 0 radical (unpaired) electrons. The van der Waals surface area contributed by atoms with Crippen molar-refractivity contribution >= 4 is 40.1 Å². The Kier molecular flexibility index (Phi) is 4.46. The summed E-state index contributed by atoms with van der Waals surface area (Å²) in [6.45, 7) is 2.69. The van der Waals surface area contributed by atoms with Gasteiger partial charge in [0.15, 0.2) is 0 Å². The molecule has 1 aromatic carbocycles. The molecule has 3 aromatic rings. The van der Waals surface area contributed by atoms with Crippen LogP contribution in [0, 0.1) is 0 Å². The fourth-order valence-corrected chi connectivity index (χ4v) is 4.45. The zero-order chi connectivity index (χ0) is 18.1. The fourth-order valence-electron chi connectivity index (χ4n) is 3.40. The van der Waals surface area contributed by atoms with Crippen molar-refractivity contribution in [2.24, 2.45) is 0 Å². The first-order valence-corrected chi connectivity index (χ1v) is 9.62. The zero-order valence-corrected chi connectivity index (χ0v) is 15.3. The van der Waals surface area contributed by atoms with Gasteiger partial charge in [0.25, 0.3) is 5.91 Å². The van der Waals surface area contributed by atoms with Crippen LogP contribution < -0.4 is 5.32 Å². The van der Waals surface area contributed by atoms with E-state index in [1.165, 1.54) is 11.3 Å². The minimum atomic E-state index is -0.188. The number of carbonyl (C=O) groups is 2. The number of amides is 2. The smallest absolute Gasteiger partial charge is 0.268 e. The van der Waals surface area contributed by atoms with E-state index in [1.54, 1.807) is 0 Å². The Morgan fingerprint density at radius 2 is 2.15 bits per heavy atom. The van der Waals surface area contributed by atoms with Crippen LogP contribution >= 0.6 is 11.3 Å². The molecule has 1 aliphatic heterocycles. The maximum atomic E-state index is 12.5. The van der Waals surface area contributed by atoms with E-state index in [4.69, 9.17) is 0 Å². The quantitative estimate of drug-likeness (QED) is 0.732. The predicted octanol–water partition coefficient (Wildman–Crippen LogP) is 3.95. The molecule has 2 amide bonds. The largest absolute Gasteiger partial charge is 0.335 e. The number of thiophene rings is 1. The number of rotatable bonds is 4. The summed E-state index contributed by atoms with van der Waals surface area (Å²) in [5.74, 6) is 0.427. The van der Waals surface area contributed by atoms with Crippen LogP contribution in [0.4, 0.5) is 5.95 Å². The lowest BCUT2D eigenvalue weighted by molar-refractivity contribution is -0.131. The summed E-state index contributed by atoms with van der Waals surface area (Å²) < 4.78 is 0. The van der Waals surface area contributed by atoms with Crippen LogP contribution in [0.15, 0.2) is 36.4 Å². The van der Waals surface area contributed by atoms with Crippen LogP contribution in [0.5, 0.6) is 0 Å². The van der Waals surface area contributed by atoms with E-state index in [2.05, 4.69) is 15.3 Å². The molecule has 1 fully saturated rings. The van der Waals surface area contributed by atoms with Crippen LogP contribution in [0.2, 0.25) is 0 Å². The third-order valence-electron chi connectivity index (χ3n) is 4.68. The average Bonchev–Trinajstić information content (AvgIpc) is 3.37. The lowest BCUT2D eigenvalue weighted by Gasteiger charge is -2.23. The van der Waals surface area contributed by atoms with E-state index >= 15 is 0 Å². The molecule has 2 N–H and O–H groups in total. The van der Waals surface area contributed by atoms with Crippen molar-refractivity contribution in [3.8, 4) is 0 Å². The van der Waals surface area contributed by atoms with Gasteiger partial charge in [-0.25, -0.2) is 4.98 Å². The first kappa shape index (κ1) is 16.8. The summed E-state index contributed by atoms with van der Waals surface area (Å²) >= 11 is 1.45. The fraction of sp³-hybridized carbons (Fsp3) is 0.316. The zero-order valence-electron chi connectivity index (χ0n) is 14.5. The summed E-state index contributed by atoms with van der Waals surface area (Å²) in [5.41, 5.74) is 1.70. The number of anilines is 1. The topological polar surface area (TPSA) is 78.1 Å². The SMILES string of the molecule is CCC(=O)N1CCC[C@H]1c1ccc(C(=O)Nc2nc3ccccc3[nH]2)s1. The number of aromatic amines is 1. The number of fused-ring (bicyclic) bond motifs is 1. The van der Waals surface area contributed by atoms with E-state index in [9.17, 15) is 9.59 Å². The van der Waals surface area contributed by atoms with Crippen molar-refractivity contribution in [1.29, 1.82) is 0 Å². The summed E-state index contributed by atoms with van der Waals surface area (Å²) in [7, 11) is 0. The first-order chi connectivity index (χ1) is 12.7.